The van der Waals surface area contributed by atoms with E-state index in [4.69, 9.17) is 9.37 Å². The quantitative estimate of drug-likeness (QED) is 0.672. The molecule has 0 aliphatic carbocycles. The van der Waals surface area contributed by atoms with Gasteiger partial charge in [-0.3, -0.25) is 9.80 Å². The summed E-state index contributed by atoms with van der Waals surface area (Å²) in [6.45, 7) is 4.81. The average Bonchev–Trinajstić information content (AvgIpc) is 3.18. The van der Waals surface area contributed by atoms with Crippen LogP contribution in [0.15, 0.2) is 47.1 Å². The van der Waals surface area contributed by atoms with Gasteiger partial charge in [0.25, 0.3) is 0 Å². The van der Waals surface area contributed by atoms with E-state index in [0.717, 1.165) is 55.9 Å². The van der Waals surface area contributed by atoms with Crippen molar-refractivity contribution in [3.63, 3.8) is 0 Å². The van der Waals surface area contributed by atoms with Gasteiger partial charge >= 0.3 is 0 Å². The van der Waals surface area contributed by atoms with E-state index in [0.29, 0.717) is 6.04 Å². The van der Waals surface area contributed by atoms with Gasteiger partial charge in [-0.15, -0.1) is 0 Å². The van der Waals surface area contributed by atoms with Crippen molar-refractivity contribution in [1.82, 2.24) is 20.1 Å². The third-order valence-electron chi connectivity index (χ3n) is 5.40. The minimum absolute atomic E-state index is 0.198. The summed E-state index contributed by atoms with van der Waals surface area (Å²) in [6.07, 6.45) is 0.771. The molecule has 0 amide bonds. The Balaban J connectivity index is 1.41. The first-order valence-electron chi connectivity index (χ1n) is 9.66. The van der Waals surface area contributed by atoms with Crippen molar-refractivity contribution in [3.8, 4) is 5.75 Å². The molecule has 1 aromatic heterocycles. The molecule has 7 nitrogen and oxygen atoms in total. The Morgan fingerprint density at radius 3 is 2.79 bits per heavy atom. The highest BCUT2D eigenvalue weighted by Crippen LogP contribution is 2.21. The molecule has 2 aromatic carbocycles. The number of aliphatic hydroxyl groups excluding tert-OH is 1. The van der Waals surface area contributed by atoms with Gasteiger partial charge in [0, 0.05) is 45.4 Å². The maximum absolute atomic E-state index is 9.56. The molecular formula is C21H26N4O3. The Hall–Kier alpha value is -2.48. The van der Waals surface area contributed by atoms with Crippen LogP contribution in [0.4, 0.5) is 0 Å². The van der Waals surface area contributed by atoms with Gasteiger partial charge in [-0.2, -0.15) is 0 Å². The summed E-state index contributed by atoms with van der Waals surface area (Å²) in [7, 11) is 1.69. The second kappa shape index (κ2) is 8.68. The molecule has 1 aliphatic heterocycles. The van der Waals surface area contributed by atoms with Gasteiger partial charge in [0.1, 0.15) is 16.8 Å². The normalized spacial score (nSPS) is 18.6. The van der Waals surface area contributed by atoms with Crippen LogP contribution in [0.3, 0.4) is 0 Å². The highest BCUT2D eigenvalue weighted by atomic mass is 16.6. The van der Waals surface area contributed by atoms with E-state index in [1.165, 1.54) is 11.1 Å². The molecule has 1 atom stereocenters. The van der Waals surface area contributed by atoms with Crippen LogP contribution < -0.4 is 4.74 Å². The number of methoxy groups -OCH3 is 1. The second-order valence-corrected chi connectivity index (χ2v) is 7.31. The zero-order valence-electron chi connectivity index (χ0n) is 16.1. The molecule has 4 rings (SSSR count). The Morgan fingerprint density at radius 2 is 1.93 bits per heavy atom. The van der Waals surface area contributed by atoms with E-state index in [2.05, 4.69) is 38.3 Å². The van der Waals surface area contributed by atoms with Crippen molar-refractivity contribution in [2.75, 3.05) is 33.4 Å². The SMILES string of the molecule is COc1cccc(CN2CCN(Cc3ccc4nonc4c3)CC2CCO)c1. The van der Waals surface area contributed by atoms with Gasteiger partial charge in [-0.05, 0) is 52.1 Å². The summed E-state index contributed by atoms with van der Waals surface area (Å²) < 4.78 is 10.1. The largest absolute Gasteiger partial charge is 0.497 e. The molecule has 1 N–H and O–H groups in total. The number of fused-ring (bicyclic) bond motifs is 1. The first-order valence-corrected chi connectivity index (χ1v) is 9.66. The summed E-state index contributed by atoms with van der Waals surface area (Å²) >= 11 is 0. The minimum Gasteiger partial charge on any atom is -0.497 e. The van der Waals surface area contributed by atoms with Crippen LogP contribution in [0.2, 0.25) is 0 Å². The minimum atomic E-state index is 0.198. The Morgan fingerprint density at radius 1 is 1.07 bits per heavy atom. The van der Waals surface area contributed by atoms with Crippen LogP contribution in [0.1, 0.15) is 17.5 Å². The number of benzene rings is 2. The number of ether oxygens (including phenoxy) is 1. The Kier molecular flexibility index (Phi) is 5.85. The molecule has 1 saturated heterocycles. The van der Waals surface area contributed by atoms with Crippen LogP contribution in [0.5, 0.6) is 5.75 Å². The molecule has 1 aliphatic rings. The fourth-order valence-corrected chi connectivity index (χ4v) is 3.92. The number of rotatable bonds is 7. The van der Waals surface area contributed by atoms with E-state index in [9.17, 15) is 5.11 Å². The lowest BCUT2D eigenvalue weighted by molar-refractivity contribution is 0.0499. The summed E-state index contributed by atoms with van der Waals surface area (Å²) in [5.41, 5.74) is 4.01. The number of hydrogen-bond acceptors (Lipinski definition) is 7. The first-order chi connectivity index (χ1) is 13.7. The van der Waals surface area contributed by atoms with Crippen molar-refractivity contribution in [3.05, 3.63) is 53.6 Å². The topological polar surface area (TPSA) is 74.9 Å². The summed E-state index contributed by atoms with van der Waals surface area (Å²) in [4.78, 5) is 4.91. The molecule has 7 heteroatoms. The van der Waals surface area contributed by atoms with Gasteiger partial charge < -0.3 is 9.84 Å². The smallest absolute Gasteiger partial charge is 0.135 e. The highest BCUT2D eigenvalue weighted by Gasteiger charge is 2.26. The van der Waals surface area contributed by atoms with Crippen LogP contribution >= 0.6 is 0 Å². The lowest BCUT2D eigenvalue weighted by atomic mass is 10.1. The molecule has 1 fully saturated rings. The van der Waals surface area contributed by atoms with Crippen molar-refractivity contribution in [2.24, 2.45) is 0 Å². The summed E-state index contributed by atoms with van der Waals surface area (Å²) in [5.74, 6) is 0.882. The Labute approximate surface area is 164 Å². The van der Waals surface area contributed by atoms with E-state index in [-0.39, 0.29) is 6.61 Å². The summed E-state index contributed by atoms with van der Waals surface area (Å²) in [5, 5.41) is 17.4. The standard InChI is InChI=1S/C21H26N4O3/c1-27-19-4-2-3-16(11-19)14-25-9-8-24(15-18(25)7-10-26)13-17-5-6-20-21(12-17)23-28-22-20/h2-6,11-12,18,26H,7-10,13-15H2,1H3. The fraction of sp³-hybridized carbons (Fsp3) is 0.429. The molecule has 2 heterocycles. The van der Waals surface area contributed by atoms with Gasteiger partial charge in [0.05, 0.1) is 7.11 Å². The molecule has 3 aromatic rings. The lowest BCUT2D eigenvalue weighted by Crippen LogP contribution is -2.52. The van der Waals surface area contributed by atoms with Gasteiger partial charge in [0.15, 0.2) is 0 Å². The van der Waals surface area contributed by atoms with E-state index >= 15 is 0 Å². The summed E-state index contributed by atoms with van der Waals surface area (Å²) in [6, 6.07) is 14.6. The van der Waals surface area contributed by atoms with E-state index in [1.807, 2.05) is 24.3 Å². The maximum atomic E-state index is 9.56. The zero-order chi connectivity index (χ0) is 19.3. The molecule has 0 spiro atoms. The molecule has 28 heavy (non-hydrogen) atoms. The van der Waals surface area contributed by atoms with Crippen LogP contribution in [0.25, 0.3) is 11.0 Å². The van der Waals surface area contributed by atoms with Crippen molar-refractivity contribution >= 4 is 11.0 Å². The van der Waals surface area contributed by atoms with Gasteiger partial charge in [0.2, 0.25) is 0 Å². The number of nitrogens with zero attached hydrogens (tertiary/aromatic N) is 4. The van der Waals surface area contributed by atoms with Crippen LogP contribution in [0, 0.1) is 0 Å². The second-order valence-electron chi connectivity index (χ2n) is 7.31. The van der Waals surface area contributed by atoms with Crippen molar-refractivity contribution < 1.29 is 14.5 Å². The van der Waals surface area contributed by atoms with Gasteiger partial charge in [-0.1, -0.05) is 18.2 Å². The molecule has 1 unspecified atom stereocenters. The number of piperazine rings is 1. The highest BCUT2D eigenvalue weighted by molar-refractivity contribution is 5.73. The Bertz CT molecular complexity index is 913. The number of aliphatic hydroxyl groups is 1. The predicted octanol–water partition coefficient (Wildman–Crippen LogP) is 2.30. The number of aromatic nitrogens is 2. The number of hydrogen-bond donors (Lipinski definition) is 1. The molecular weight excluding hydrogens is 356 g/mol. The molecule has 0 bridgehead atoms. The molecule has 148 valence electrons. The first kappa shape index (κ1) is 18.9. The third-order valence-corrected chi connectivity index (χ3v) is 5.40. The molecule has 0 saturated carbocycles. The molecule has 0 radical (unpaired) electrons. The van der Waals surface area contributed by atoms with Crippen molar-refractivity contribution in [2.45, 2.75) is 25.6 Å². The van der Waals surface area contributed by atoms with Crippen LogP contribution in [-0.2, 0) is 13.1 Å². The lowest BCUT2D eigenvalue weighted by Gasteiger charge is -2.41. The van der Waals surface area contributed by atoms with E-state index in [1.54, 1.807) is 7.11 Å². The predicted molar refractivity (Wildman–Crippen MR) is 106 cm³/mol. The average molecular weight is 382 g/mol. The zero-order valence-corrected chi connectivity index (χ0v) is 16.1. The van der Waals surface area contributed by atoms with E-state index < -0.39 is 0 Å². The third kappa shape index (κ3) is 4.32. The monoisotopic (exact) mass is 382 g/mol. The van der Waals surface area contributed by atoms with Crippen LogP contribution in [-0.4, -0.2) is 64.6 Å². The maximum Gasteiger partial charge on any atom is 0.135 e. The van der Waals surface area contributed by atoms with Crippen molar-refractivity contribution in [1.29, 1.82) is 0 Å². The van der Waals surface area contributed by atoms with Gasteiger partial charge in [-0.25, -0.2) is 4.63 Å². The fourth-order valence-electron chi connectivity index (χ4n) is 3.92.